The van der Waals surface area contributed by atoms with E-state index in [9.17, 15) is 4.79 Å². The molecule has 3 N–H and O–H groups in total. The van der Waals surface area contributed by atoms with Crippen molar-refractivity contribution < 1.29 is 4.79 Å². The highest BCUT2D eigenvalue weighted by Gasteiger charge is 2.29. The molecule has 3 rings (SSSR count). The fraction of sp³-hybridized carbons (Fsp3) is 0.316. The standard InChI is InChI=1S/C19H22ClN5O/c1-3-17(26)22-15-9-6-10-16(15)23-18-13(20)11-21-19(25-18)24-14-8-5-4-7-12(14)2/h3-5,7-8,11,15-16H,1,6,9-10H2,2H3,(H,22,26)(H2,21,23,24,25)/t15-,16-/m0/s1. The van der Waals surface area contributed by atoms with Crippen molar-refractivity contribution in [3.05, 3.63) is 53.7 Å². The molecule has 1 aromatic carbocycles. The number of aryl methyl sites for hydroxylation is 1. The number of carbonyl (C=O) groups is 1. The highest BCUT2D eigenvalue weighted by molar-refractivity contribution is 6.32. The summed E-state index contributed by atoms with van der Waals surface area (Å²) in [6.07, 6.45) is 5.73. The van der Waals surface area contributed by atoms with Crippen LogP contribution in [-0.4, -0.2) is 28.0 Å². The monoisotopic (exact) mass is 371 g/mol. The molecule has 0 radical (unpaired) electrons. The van der Waals surface area contributed by atoms with E-state index in [1.165, 1.54) is 6.08 Å². The van der Waals surface area contributed by atoms with E-state index in [-0.39, 0.29) is 18.0 Å². The third-order valence-corrected chi connectivity index (χ3v) is 4.76. The van der Waals surface area contributed by atoms with Crippen molar-refractivity contribution in [2.24, 2.45) is 0 Å². The first kappa shape index (κ1) is 18.2. The lowest BCUT2D eigenvalue weighted by Crippen LogP contribution is -2.42. The number of aromatic nitrogens is 2. The van der Waals surface area contributed by atoms with Crippen LogP contribution in [0.5, 0.6) is 0 Å². The predicted molar refractivity (Wildman–Crippen MR) is 105 cm³/mol. The van der Waals surface area contributed by atoms with Gasteiger partial charge in [0.15, 0.2) is 5.82 Å². The maximum atomic E-state index is 11.6. The van der Waals surface area contributed by atoms with Gasteiger partial charge in [-0.1, -0.05) is 36.4 Å². The van der Waals surface area contributed by atoms with Gasteiger partial charge in [-0.05, 0) is 43.9 Å². The number of para-hydroxylation sites is 1. The second-order valence-corrected chi connectivity index (χ2v) is 6.74. The molecule has 0 bridgehead atoms. The summed E-state index contributed by atoms with van der Waals surface area (Å²) in [7, 11) is 0. The van der Waals surface area contributed by atoms with Crippen LogP contribution in [0.4, 0.5) is 17.5 Å². The summed E-state index contributed by atoms with van der Waals surface area (Å²) < 4.78 is 0. The molecule has 2 atom stereocenters. The molecule has 1 aliphatic rings. The first-order valence-corrected chi connectivity index (χ1v) is 8.99. The lowest BCUT2D eigenvalue weighted by molar-refractivity contribution is -0.117. The summed E-state index contributed by atoms with van der Waals surface area (Å²) >= 11 is 6.27. The molecule has 0 saturated heterocycles. The molecular weight excluding hydrogens is 350 g/mol. The van der Waals surface area contributed by atoms with Crippen molar-refractivity contribution >= 4 is 35.0 Å². The van der Waals surface area contributed by atoms with E-state index in [0.29, 0.717) is 16.8 Å². The third kappa shape index (κ3) is 4.32. The van der Waals surface area contributed by atoms with Crippen LogP contribution in [0.1, 0.15) is 24.8 Å². The summed E-state index contributed by atoms with van der Waals surface area (Å²) in [5.74, 6) is 0.859. The predicted octanol–water partition coefficient (Wildman–Crippen LogP) is 3.82. The maximum Gasteiger partial charge on any atom is 0.243 e. The van der Waals surface area contributed by atoms with Gasteiger partial charge >= 0.3 is 0 Å². The van der Waals surface area contributed by atoms with E-state index in [4.69, 9.17) is 11.6 Å². The molecule has 0 spiro atoms. The van der Waals surface area contributed by atoms with Crippen LogP contribution in [0.15, 0.2) is 43.1 Å². The molecule has 1 fully saturated rings. The number of nitrogens with one attached hydrogen (secondary N) is 3. The van der Waals surface area contributed by atoms with Crippen LogP contribution in [0.25, 0.3) is 0 Å². The molecule has 0 unspecified atom stereocenters. The Morgan fingerprint density at radius 1 is 1.31 bits per heavy atom. The van der Waals surface area contributed by atoms with E-state index in [1.54, 1.807) is 6.20 Å². The Hall–Kier alpha value is -2.60. The number of rotatable bonds is 6. The summed E-state index contributed by atoms with van der Waals surface area (Å²) in [6, 6.07) is 8.02. The van der Waals surface area contributed by atoms with Crippen molar-refractivity contribution in [3.8, 4) is 0 Å². The number of halogens is 1. The molecule has 1 aromatic heterocycles. The van der Waals surface area contributed by atoms with Crippen LogP contribution in [0.2, 0.25) is 5.02 Å². The highest BCUT2D eigenvalue weighted by atomic mass is 35.5. The number of hydrogen-bond acceptors (Lipinski definition) is 5. The van der Waals surface area contributed by atoms with Crippen molar-refractivity contribution in [3.63, 3.8) is 0 Å². The van der Waals surface area contributed by atoms with E-state index < -0.39 is 0 Å². The molecule has 6 nitrogen and oxygen atoms in total. The summed E-state index contributed by atoms with van der Waals surface area (Å²) in [5.41, 5.74) is 2.04. The minimum atomic E-state index is -0.167. The first-order chi connectivity index (χ1) is 12.6. The average molecular weight is 372 g/mol. The number of benzene rings is 1. The Bertz CT molecular complexity index is 810. The van der Waals surface area contributed by atoms with Gasteiger partial charge in [0.1, 0.15) is 5.02 Å². The first-order valence-electron chi connectivity index (χ1n) is 8.61. The fourth-order valence-corrected chi connectivity index (χ4v) is 3.23. The largest absolute Gasteiger partial charge is 0.364 e. The van der Waals surface area contributed by atoms with Gasteiger partial charge in [-0.25, -0.2) is 4.98 Å². The quantitative estimate of drug-likeness (QED) is 0.673. The van der Waals surface area contributed by atoms with Crippen LogP contribution in [0, 0.1) is 6.92 Å². The van der Waals surface area contributed by atoms with E-state index in [0.717, 1.165) is 30.5 Å². The number of nitrogens with zero attached hydrogens (tertiary/aromatic N) is 2. The van der Waals surface area contributed by atoms with Gasteiger partial charge in [0.2, 0.25) is 11.9 Å². The van der Waals surface area contributed by atoms with Crippen molar-refractivity contribution in [1.82, 2.24) is 15.3 Å². The second kappa shape index (κ2) is 8.19. The van der Waals surface area contributed by atoms with Crippen molar-refractivity contribution in [2.75, 3.05) is 10.6 Å². The third-order valence-electron chi connectivity index (χ3n) is 4.49. The van der Waals surface area contributed by atoms with Crippen LogP contribution in [0.3, 0.4) is 0 Å². The van der Waals surface area contributed by atoms with E-state index in [2.05, 4.69) is 32.5 Å². The SMILES string of the molecule is C=CC(=O)N[C@H]1CCC[C@@H]1Nc1nc(Nc2ccccc2C)ncc1Cl. The minimum absolute atomic E-state index is 0.0271. The molecule has 1 saturated carbocycles. The zero-order valence-corrected chi connectivity index (χ0v) is 15.4. The van der Waals surface area contributed by atoms with E-state index in [1.807, 2.05) is 31.2 Å². The number of carbonyl (C=O) groups excluding carboxylic acids is 1. The van der Waals surface area contributed by atoms with Gasteiger partial charge in [0, 0.05) is 17.8 Å². The van der Waals surface area contributed by atoms with Gasteiger partial charge in [-0.15, -0.1) is 0 Å². The molecular formula is C19H22ClN5O. The van der Waals surface area contributed by atoms with Crippen LogP contribution >= 0.6 is 11.6 Å². The zero-order valence-electron chi connectivity index (χ0n) is 14.6. The maximum absolute atomic E-state index is 11.6. The lowest BCUT2D eigenvalue weighted by Gasteiger charge is -2.22. The molecule has 1 heterocycles. The van der Waals surface area contributed by atoms with Gasteiger partial charge in [-0.3, -0.25) is 4.79 Å². The van der Waals surface area contributed by atoms with Gasteiger partial charge in [-0.2, -0.15) is 4.98 Å². The summed E-state index contributed by atoms with van der Waals surface area (Å²) in [6.45, 7) is 5.52. The van der Waals surface area contributed by atoms with Gasteiger partial charge < -0.3 is 16.0 Å². The molecule has 1 amide bonds. The van der Waals surface area contributed by atoms with Crippen LogP contribution in [-0.2, 0) is 4.79 Å². The summed E-state index contributed by atoms with van der Waals surface area (Å²) in [4.78, 5) is 20.4. The molecule has 136 valence electrons. The topological polar surface area (TPSA) is 78.9 Å². The zero-order chi connectivity index (χ0) is 18.5. The summed E-state index contributed by atoms with van der Waals surface area (Å²) in [5, 5.41) is 9.97. The van der Waals surface area contributed by atoms with Crippen molar-refractivity contribution in [1.29, 1.82) is 0 Å². The number of anilines is 3. The Morgan fingerprint density at radius 2 is 2.08 bits per heavy atom. The number of hydrogen-bond donors (Lipinski definition) is 3. The lowest BCUT2D eigenvalue weighted by atomic mass is 10.1. The van der Waals surface area contributed by atoms with Gasteiger partial charge in [0.05, 0.1) is 6.20 Å². The number of amides is 1. The van der Waals surface area contributed by atoms with Crippen molar-refractivity contribution in [2.45, 2.75) is 38.3 Å². The second-order valence-electron chi connectivity index (χ2n) is 6.33. The molecule has 26 heavy (non-hydrogen) atoms. The average Bonchev–Trinajstić information content (AvgIpc) is 3.06. The molecule has 7 heteroatoms. The smallest absolute Gasteiger partial charge is 0.243 e. The fourth-order valence-electron chi connectivity index (χ4n) is 3.09. The minimum Gasteiger partial charge on any atom is -0.364 e. The molecule has 0 aliphatic heterocycles. The Labute approximate surface area is 158 Å². The Kier molecular flexibility index (Phi) is 5.73. The molecule has 1 aliphatic carbocycles. The Morgan fingerprint density at radius 3 is 2.85 bits per heavy atom. The van der Waals surface area contributed by atoms with E-state index >= 15 is 0 Å². The van der Waals surface area contributed by atoms with Crippen LogP contribution < -0.4 is 16.0 Å². The molecule has 2 aromatic rings. The normalized spacial score (nSPS) is 19.0. The van der Waals surface area contributed by atoms with Gasteiger partial charge in [0.25, 0.3) is 0 Å². The Balaban J connectivity index is 1.74. The highest BCUT2D eigenvalue weighted by Crippen LogP contribution is 2.27.